The summed E-state index contributed by atoms with van der Waals surface area (Å²) in [7, 11) is 1.55. The van der Waals surface area contributed by atoms with Crippen LogP contribution in [0.3, 0.4) is 0 Å². The number of ether oxygens (including phenoxy) is 2. The molecule has 1 aliphatic carbocycles. The molecule has 2 rings (SSSR count). The van der Waals surface area contributed by atoms with Crippen LogP contribution in [-0.2, 0) is 14.3 Å². The largest absolute Gasteiger partial charge is 0.484 e. The minimum atomic E-state index is -0.791. The molecular weight excluding hydrogens is 272 g/mol. The first-order valence-electron chi connectivity index (χ1n) is 6.83. The Hall–Kier alpha value is -2.08. The fourth-order valence-electron chi connectivity index (χ4n) is 2.12. The number of carbonyl (C=O) groups is 2. The van der Waals surface area contributed by atoms with Gasteiger partial charge in [-0.1, -0.05) is 0 Å². The number of hydrogen-bond acceptors (Lipinski definition) is 4. The first-order chi connectivity index (χ1) is 9.95. The third-order valence-corrected chi connectivity index (χ3v) is 3.72. The Bertz CT molecular complexity index is 525. The van der Waals surface area contributed by atoms with Crippen LogP contribution in [0.2, 0.25) is 0 Å². The van der Waals surface area contributed by atoms with Crippen molar-refractivity contribution in [2.75, 3.05) is 19.0 Å². The molecule has 6 heteroatoms. The molecule has 21 heavy (non-hydrogen) atoms. The van der Waals surface area contributed by atoms with Gasteiger partial charge in [-0.15, -0.1) is 0 Å². The lowest BCUT2D eigenvalue weighted by atomic mass is 9.99. The number of anilines is 1. The van der Waals surface area contributed by atoms with Crippen molar-refractivity contribution >= 4 is 17.5 Å². The van der Waals surface area contributed by atoms with Gasteiger partial charge >= 0.3 is 0 Å². The molecule has 0 radical (unpaired) electrons. The Kier molecular flexibility index (Phi) is 4.47. The lowest BCUT2D eigenvalue weighted by molar-refractivity contribution is -0.138. The summed E-state index contributed by atoms with van der Waals surface area (Å²) in [5.74, 6) is 0.107. The molecule has 0 unspecified atom stereocenters. The van der Waals surface area contributed by atoms with Gasteiger partial charge in [-0.25, -0.2) is 0 Å². The number of rotatable bonds is 7. The standard InChI is InChI=1S/C15H20N2O4/c1-15(20-2,10-3-4-10)14(19)17-11-5-7-12(8-6-11)21-9-13(16)18/h5-8,10H,3-4,9H2,1-2H3,(H2,16,18)(H,17,19)/t15-/m1/s1. The number of carbonyl (C=O) groups excluding carboxylic acids is 2. The number of nitrogens with two attached hydrogens (primary N) is 1. The van der Waals surface area contributed by atoms with E-state index >= 15 is 0 Å². The molecule has 0 heterocycles. The van der Waals surface area contributed by atoms with Crippen molar-refractivity contribution in [3.8, 4) is 5.75 Å². The molecule has 0 saturated heterocycles. The second kappa shape index (κ2) is 6.13. The molecule has 1 atom stereocenters. The maximum absolute atomic E-state index is 12.3. The summed E-state index contributed by atoms with van der Waals surface area (Å²) in [6, 6.07) is 6.74. The van der Waals surface area contributed by atoms with Gasteiger partial charge in [-0.3, -0.25) is 9.59 Å². The smallest absolute Gasteiger partial charge is 0.256 e. The Labute approximate surface area is 123 Å². The van der Waals surface area contributed by atoms with Gasteiger partial charge in [0.2, 0.25) is 0 Å². The minimum absolute atomic E-state index is 0.154. The average Bonchev–Trinajstić information content (AvgIpc) is 3.30. The van der Waals surface area contributed by atoms with Crippen LogP contribution < -0.4 is 15.8 Å². The molecule has 1 aliphatic rings. The van der Waals surface area contributed by atoms with E-state index in [1.165, 1.54) is 0 Å². The maximum atomic E-state index is 12.3. The molecule has 1 aromatic rings. The molecule has 114 valence electrons. The molecule has 1 saturated carbocycles. The van der Waals surface area contributed by atoms with Crippen molar-refractivity contribution in [2.45, 2.75) is 25.4 Å². The number of nitrogens with one attached hydrogen (secondary N) is 1. The summed E-state index contributed by atoms with van der Waals surface area (Å²) in [5.41, 5.74) is 4.86. The van der Waals surface area contributed by atoms with Crippen LogP contribution in [0.5, 0.6) is 5.75 Å². The quantitative estimate of drug-likeness (QED) is 0.792. The summed E-state index contributed by atoms with van der Waals surface area (Å²) in [4.78, 5) is 22.9. The lowest BCUT2D eigenvalue weighted by Crippen LogP contribution is -2.44. The number of primary amides is 1. The van der Waals surface area contributed by atoms with Gasteiger partial charge in [0, 0.05) is 12.8 Å². The highest BCUT2D eigenvalue weighted by atomic mass is 16.5. The van der Waals surface area contributed by atoms with Gasteiger partial charge in [0.05, 0.1) is 0 Å². The SMILES string of the molecule is CO[C@@](C)(C(=O)Nc1ccc(OCC(N)=O)cc1)C1CC1. The maximum Gasteiger partial charge on any atom is 0.256 e. The molecule has 0 aliphatic heterocycles. The summed E-state index contributed by atoms with van der Waals surface area (Å²) >= 11 is 0. The van der Waals surface area contributed by atoms with Crippen LogP contribution in [-0.4, -0.2) is 31.1 Å². The normalized spacial score (nSPS) is 16.9. The van der Waals surface area contributed by atoms with Gasteiger partial charge in [0.15, 0.2) is 6.61 Å². The zero-order chi connectivity index (χ0) is 15.5. The zero-order valence-corrected chi connectivity index (χ0v) is 12.2. The summed E-state index contributed by atoms with van der Waals surface area (Å²) in [6.45, 7) is 1.64. The molecular formula is C15H20N2O4. The predicted octanol–water partition coefficient (Wildman–Crippen LogP) is 1.30. The number of methoxy groups -OCH3 is 1. The van der Waals surface area contributed by atoms with E-state index in [4.69, 9.17) is 15.2 Å². The van der Waals surface area contributed by atoms with Crippen LogP contribution in [0.15, 0.2) is 24.3 Å². The van der Waals surface area contributed by atoms with E-state index in [9.17, 15) is 9.59 Å². The number of benzene rings is 1. The third-order valence-electron chi connectivity index (χ3n) is 3.72. The highest BCUT2D eigenvalue weighted by molar-refractivity contribution is 5.97. The van der Waals surface area contributed by atoms with Gasteiger partial charge in [0.1, 0.15) is 11.4 Å². The second-order valence-corrected chi connectivity index (χ2v) is 5.32. The highest BCUT2D eigenvalue weighted by Crippen LogP contribution is 2.42. The van der Waals surface area contributed by atoms with E-state index in [-0.39, 0.29) is 18.4 Å². The molecule has 3 N–H and O–H groups in total. The number of amides is 2. The monoisotopic (exact) mass is 292 g/mol. The van der Waals surface area contributed by atoms with Crippen LogP contribution in [0.1, 0.15) is 19.8 Å². The van der Waals surface area contributed by atoms with Crippen LogP contribution in [0.4, 0.5) is 5.69 Å². The Balaban J connectivity index is 1.96. The first-order valence-corrected chi connectivity index (χ1v) is 6.83. The Morgan fingerprint density at radius 1 is 1.33 bits per heavy atom. The second-order valence-electron chi connectivity index (χ2n) is 5.32. The summed E-state index contributed by atoms with van der Waals surface area (Å²) in [6.07, 6.45) is 2.02. The molecule has 6 nitrogen and oxygen atoms in total. The number of hydrogen-bond donors (Lipinski definition) is 2. The predicted molar refractivity (Wildman–Crippen MR) is 77.9 cm³/mol. The van der Waals surface area contributed by atoms with E-state index < -0.39 is 11.5 Å². The topological polar surface area (TPSA) is 90.7 Å². The van der Waals surface area contributed by atoms with Crippen molar-refractivity contribution in [3.63, 3.8) is 0 Å². The molecule has 1 fully saturated rings. The molecule has 1 aromatic carbocycles. The highest BCUT2D eigenvalue weighted by Gasteiger charge is 2.47. The van der Waals surface area contributed by atoms with E-state index in [1.807, 2.05) is 6.92 Å². The van der Waals surface area contributed by atoms with Gasteiger partial charge in [-0.05, 0) is 49.9 Å². The van der Waals surface area contributed by atoms with Gasteiger partial charge in [0.25, 0.3) is 11.8 Å². The van der Waals surface area contributed by atoms with Gasteiger partial charge in [-0.2, -0.15) is 0 Å². The lowest BCUT2D eigenvalue weighted by Gasteiger charge is -2.26. The molecule has 0 bridgehead atoms. The van der Waals surface area contributed by atoms with E-state index in [2.05, 4.69) is 5.32 Å². The summed E-state index contributed by atoms with van der Waals surface area (Å²) in [5, 5.41) is 2.84. The van der Waals surface area contributed by atoms with Crippen LogP contribution in [0.25, 0.3) is 0 Å². The van der Waals surface area contributed by atoms with Crippen LogP contribution in [0, 0.1) is 5.92 Å². The Morgan fingerprint density at radius 3 is 2.43 bits per heavy atom. The Morgan fingerprint density at radius 2 is 1.95 bits per heavy atom. The fourth-order valence-corrected chi connectivity index (χ4v) is 2.12. The van der Waals surface area contributed by atoms with Crippen molar-refractivity contribution in [1.29, 1.82) is 0 Å². The van der Waals surface area contributed by atoms with E-state index in [1.54, 1.807) is 31.4 Å². The van der Waals surface area contributed by atoms with Crippen molar-refractivity contribution in [3.05, 3.63) is 24.3 Å². The van der Waals surface area contributed by atoms with Crippen molar-refractivity contribution in [1.82, 2.24) is 0 Å². The van der Waals surface area contributed by atoms with Gasteiger partial charge < -0.3 is 20.5 Å². The third kappa shape index (κ3) is 3.72. The van der Waals surface area contributed by atoms with Crippen LogP contribution >= 0.6 is 0 Å². The molecule has 0 aromatic heterocycles. The zero-order valence-electron chi connectivity index (χ0n) is 12.2. The van der Waals surface area contributed by atoms with E-state index in [0.29, 0.717) is 11.4 Å². The molecule has 2 amide bonds. The first kappa shape index (κ1) is 15.3. The van der Waals surface area contributed by atoms with Crippen molar-refractivity contribution in [2.24, 2.45) is 11.7 Å². The average molecular weight is 292 g/mol. The van der Waals surface area contributed by atoms with Crippen molar-refractivity contribution < 1.29 is 19.1 Å². The fraction of sp³-hybridized carbons (Fsp3) is 0.467. The molecule has 0 spiro atoms. The minimum Gasteiger partial charge on any atom is -0.484 e. The van der Waals surface area contributed by atoms with E-state index in [0.717, 1.165) is 12.8 Å². The summed E-state index contributed by atoms with van der Waals surface area (Å²) < 4.78 is 10.5.